The number of aliphatic hydroxyl groups is 1. The molecule has 7 nitrogen and oxygen atoms in total. The van der Waals surface area contributed by atoms with Crippen LogP contribution in [-0.2, 0) is 0 Å². The lowest BCUT2D eigenvalue weighted by Crippen LogP contribution is -2.33. The van der Waals surface area contributed by atoms with E-state index in [0.717, 1.165) is 25.7 Å². The maximum Gasteiger partial charge on any atom is 0.311 e. The van der Waals surface area contributed by atoms with E-state index in [1.807, 2.05) is 0 Å². The highest BCUT2D eigenvalue weighted by Crippen LogP contribution is 2.29. The maximum absolute atomic E-state index is 10.6. The highest BCUT2D eigenvalue weighted by atomic mass is 16.6. The molecule has 98 valence electrons. The Hall–Kier alpha value is -1.89. The third-order valence-corrected chi connectivity index (χ3v) is 3.23. The molecule has 0 atom stereocenters. The first kappa shape index (κ1) is 12.6. The molecule has 1 aromatic rings. The van der Waals surface area contributed by atoms with Gasteiger partial charge in [-0.1, -0.05) is 12.8 Å². The highest BCUT2D eigenvalue weighted by molar-refractivity contribution is 5.57. The van der Waals surface area contributed by atoms with E-state index in [2.05, 4.69) is 10.3 Å². The Kier molecular flexibility index (Phi) is 3.33. The first-order valence-electron chi connectivity index (χ1n) is 5.87. The van der Waals surface area contributed by atoms with Gasteiger partial charge >= 0.3 is 5.69 Å². The molecule has 1 saturated carbocycles. The van der Waals surface area contributed by atoms with Gasteiger partial charge in [-0.05, 0) is 18.9 Å². The Morgan fingerprint density at radius 2 is 2.17 bits per heavy atom. The summed E-state index contributed by atoms with van der Waals surface area (Å²) >= 11 is 0. The van der Waals surface area contributed by atoms with Crippen molar-refractivity contribution < 1.29 is 10.0 Å². The zero-order valence-electron chi connectivity index (χ0n) is 9.93. The minimum Gasteiger partial charge on any atom is -0.388 e. The highest BCUT2D eigenvalue weighted by Gasteiger charge is 2.30. The summed E-state index contributed by atoms with van der Waals surface area (Å²) in [6.07, 6.45) is 3.58. The molecular formula is C11H16N4O3. The van der Waals surface area contributed by atoms with Gasteiger partial charge in [-0.15, -0.1) is 0 Å². The molecule has 1 aliphatic rings. The molecule has 7 heteroatoms. The van der Waals surface area contributed by atoms with Crippen molar-refractivity contribution in [1.29, 1.82) is 0 Å². The number of aromatic nitrogens is 1. The molecule has 0 spiro atoms. The Morgan fingerprint density at radius 1 is 1.50 bits per heavy atom. The van der Waals surface area contributed by atoms with Crippen LogP contribution in [0.5, 0.6) is 0 Å². The molecule has 0 radical (unpaired) electrons. The van der Waals surface area contributed by atoms with Crippen molar-refractivity contribution >= 4 is 17.3 Å². The van der Waals surface area contributed by atoms with E-state index in [-0.39, 0.29) is 11.5 Å². The van der Waals surface area contributed by atoms with Crippen LogP contribution >= 0.6 is 0 Å². The molecule has 18 heavy (non-hydrogen) atoms. The van der Waals surface area contributed by atoms with E-state index in [1.165, 1.54) is 12.1 Å². The van der Waals surface area contributed by atoms with E-state index in [9.17, 15) is 15.2 Å². The fraction of sp³-hybridized carbons (Fsp3) is 0.545. The fourth-order valence-electron chi connectivity index (χ4n) is 2.19. The van der Waals surface area contributed by atoms with Crippen molar-refractivity contribution in [2.45, 2.75) is 31.3 Å². The minimum atomic E-state index is -0.696. The van der Waals surface area contributed by atoms with E-state index in [0.29, 0.717) is 12.4 Å². The molecule has 0 aliphatic heterocycles. The second-order valence-corrected chi connectivity index (χ2v) is 4.64. The van der Waals surface area contributed by atoms with Crippen LogP contribution in [0.3, 0.4) is 0 Å². The van der Waals surface area contributed by atoms with Crippen LogP contribution in [0.2, 0.25) is 0 Å². The first-order valence-corrected chi connectivity index (χ1v) is 5.87. The average Bonchev–Trinajstić information content (AvgIpc) is 2.74. The summed E-state index contributed by atoms with van der Waals surface area (Å²) in [5.41, 5.74) is 4.58. The van der Waals surface area contributed by atoms with Crippen molar-refractivity contribution in [1.82, 2.24) is 4.98 Å². The molecule has 4 N–H and O–H groups in total. The van der Waals surface area contributed by atoms with Crippen molar-refractivity contribution in [2.75, 3.05) is 17.6 Å². The molecule has 0 bridgehead atoms. The van der Waals surface area contributed by atoms with Crippen molar-refractivity contribution in [3.63, 3.8) is 0 Å². The molecule has 0 amide bonds. The number of nitro groups is 1. The van der Waals surface area contributed by atoms with Crippen LogP contribution in [0.1, 0.15) is 25.7 Å². The lowest BCUT2D eigenvalue weighted by Gasteiger charge is -2.22. The molecule has 2 rings (SSSR count). The van der Waals surface area contributed by atoms with Gasteiger partial charge in [0.1, 0.15) is 5.82 Å². The predicted octanol–water partition coefficient (Wildman–Crippen LogP) is 1.29. The molecule has 1 fully saturated rings. The number of hydrogen-bond acceptors (Lipinski definition) is 6. The van der Waals surface area contributed by atoms with Crippen molar-refractivity contribution in [3.05, 3.63) is 22.2 Å². The van der Waals surface area contributed by atoms with E-state index < -0.39 is 10.5 Å². The van der Waals surface area contributed by atoms with Gasteiger partial charge in [-0.2, -0.15) is 0 Å². The number of hydrogen-bond donors (Lipinski definition) is 3. The minimum absolute atomic E-state index is 0.122. The number of anilines is 2. The summed E-state index contributed by atoms with van der Waals surface area (Å²) in [5.74, 6) is 0.321. The van der Waals surface area contributed by atoms with Gasteiger partial charge in [0.25, 0.3) is 0 Å². The van der Waals surface area contributed by atoms with Gasteiger partial charge in [-0.25, -0.2) is 4.98 Å². The van der Waals surface area contributed by atoms with Gasteiger partial charge < -0.3 is 16.2 Å². The topological polar surface area (TPSA) is 114 Å². The second-order valence-electron chi connectivity index (χ2n) is 4.64. The summed E-state index contributed by atoms with van der Waals surface area (Å²) in [4.78, 5) is 13.9. The maximum atomic E-state index is 10.6. The number of rotatable bonds is 4. The van der Waals surface area contributed by atoms with Crippen LogP contribution in [-0.4, -0.2) is 27.2 Å². The van der Waals surface area contributed by atoms with Gasteiger partial charge in [0.2, 0.25) is 5.82 Å². The third kappa shape index (κ3) is 2.67. The zero-order valence-corrected chi connectivity index (χ0v) is 9.93. The lowest BCUT2D eigenvalue weighted by molar-refractivity contribution is -0.384. The van der Waals surface area contributed by atoms with Gasteiger partial charge in [0.15, 0.2) is 0 Å². The van der Waals surface area contributed by atoms with Crippen LogP contribution in [0.25, 0.3) is 0 Å². The fourth-order valence-corrected chi connectivity index (χ4v) is 2.19. The molecule has 1 heterocycles. The molecule has 1 aliphatic carbocycles. The summed E-state index contributed by atoms with van der Waals surface area (Å²) in [7, 11) is 0. The summed E-state index contributed by atoms with van der Waals surface area (Å²) in [5, 5.41) is 23.7. The Labute approximate surface area is 104 Å². The Morgan fingerprint density at radius 3 is 2.72 bits per heavy atom. The number of nitrogens with one attached hydrogen (secondary N) is 1. The van der Waals surface area contributed by atoms with Crippen molar-refractivity contribution in [3.8, 4) is 0 Å². The average molecular weight is 252 g/mol. The Balaban J connectivity index is 2.02. The standard InChI is InChI=1S/C11H16N4O3/c12-10-8(15(17)18)3-4-9(14-10)13-7-11(16)5-1-2-6-11/h3-4,16H,1-2,5-7H2,(H3,12,13,14). The SMILES string of the molecule is Nc1nc(NCC2(O)CCCC2)ccc1[N+](=O)[O-]. The first-order chi connectivity index (χ1) is 8.50. The predicted molar refractivity (Wildman–Crippen MR) is 67.2 cm³/mol. The van der Waals surface area contributed by atoms with Gasteiger partial charge in [-0.3, -0.25) is 10.1 Å². The van der Waals surface area contributed by atoms with E-state index >= 15 is 0 Å². The number of nitrogen functional groups attached to an aromatic ring is 1. The molecule has 0 saturated heterocycles. The van der Waals surface area contributed by atoms with E-state index in [1.54, 1.807) is 0 Å². The number of nitrogens with zero attached hydrogens (tertiary/aromatic N) is 2. The van der Waals surface area contributed by atoms with Crippen LogP contribution < -0.4 is 11.1 Å². The second kappa shape index (κ2) is 4.77. The summed E-state index contributed by atoms with van der Waals surface area (Å²) in [6, 6.07) is 2.80. The molecular weight excluding hydrogens is 236 g/mol. The third-order valence-electron chi connectivity index (χ3n) is 3.23. The van der Waals surface area contributed by atoms with Gasteiger partial charge in [0.05, 0.1) is 10.5 Å². The molecule has 0 unspecified atom stereocenters. The quantitative estimate of drug-likeness (QED) is 0.549. The number of nitrogens with two attached hydrogens (primary N) is 1. The number of pyridine rings is 1. The van der Waals surface area contributed by atoms with Crippen LogP contribution in [0.15, 0.2) is 12.1 Å². The Bertz CT molecular complexity index is 458. The normalized spacial score (nSPS) is 17.6. The van der Waals surface area contributed by atoms with Crippen LogP contribution in [0.4, 0.5) is 17.3 Å². The van der Waals surface area contributed by atoms with Crippen molar-refractivity contribution in [2.24, 2.45) is 0 Å². The lowest BCUT2D eigenvalue weighted by atomic mass is 10.0. The smallest absolute Gasteiger partial charge is 0.311 e. The molecule has 1 aromatic heterocycles. The van der Waals surface area contributed by atoms with E-state index in [4.69, 9.17) is 5.73 Å². The largest absolute Gasteiger partial charge is 0.388 e. The monoisotopic (exact) mass is 252 g/mol. The summed E-state index contributed by atoms with van der Waals surface area (Å²) in [6.45, 7) is 0.386. The summed E-state index contributed by atoms with van der Waals surface area (Å²) < 4.78 is 0. The zero-order chi connectivity index (χ0) is 13.2. The van der Waals surface area contributed by atoms with Crippen LogP contribution in [0, 0.1) is 10.1 Å². The van der Waals surface area contributed by atoms with Gasteiger partial charge in [0, 0.05) is 12.6 Å². The molecule has 0 aromatic carbocycles.